The second-order valence-corrected chi connectivity index (χ2v) is 4.97. The molecule has 2 rings (SSSR count). The number of amides is 1. The molecule has 0 aliphatic heterocycles. The Morgan fingerprint density at radius 1 is 1.10 bits per heavy atom. The number of hydrogen-bond donors (Lipinski definition) is 1. The van der Waals surface area contributed by atoms with E-state index >= 15 is 0 Å². The highest BCUT2D eigenvalue weighted by atomic mass is 35.5. The number of carbonyl (C=O) groups is 1. The van der Waals surface area contributed by atoms with Crippen molar-refractivity contribution in [3.8, 4) is 0 Å². The van der Waals surface area contributed by atoms with E-state index in [9.17, 15) is 4.79 Å². The van der Waals surface area contributed by atoms with Gasteiger partial charge in [-0.3, -0.25) is 9.63 Å². The summed E-state index contributed by atoms with van der Waals surface area (Å²) in [7, 11) is 0. The van der Waals surface area contributed by atoms with Gasteiger partial charge in [-0.1, -0.05) is 60.1 Å². The van der Waals surface area contributed by atoms with Crippen LogP contribution in [0, 0.1) is 0 Å². The molecule has 0 fully saturated rings. The second-order valence-electron chi connectivity index (χ2n) is 4.12. The zero-order valence-corrected chi connectivity index (χ0v) is 12.1. The third kappa shape index (κ3) is 3.97. The first-order valence-electron chi connectivity index (χ1n) is 6.02. The number of rotatable bonds is 5. The second kappa shape index (κ2) is 7.29. The predicted octanol–water partition coefficient (Wildman–Crippen LogP) is 3.87. The van der Waals surface area contributed by atoms with E-state index < -0.39 is 11.3 Å². The van der Waals surface area contributed by atoms with E-state index in [2.05, 4.69) is 5.48 Å². The van der Waals surface area contributed by atoms with E-state index in [1.165, 1.54) is 0 Å². The highest BCUT2D eigenvalue weighted by molar-refractivity contribution is 6.35. The minimum atomic E-state index is -0.889. The van der Waals surface area contributed by atoms with Gasteiger partial charge in [-0.25, -0.2) is 5.48 Å². The number of hydrogen-bond acceptors (Lipinski definition) is 2. The molecule has 1 amide bonds. The molecule has 1 unspecified atom stereocenters. The maximum atomic E-state index is 11.9. The smallest absolute Gasteiger partial charge is 0.266 e. The zero-order valence-electron chi connectivity index (χ0n) is 10.6. The van der Waals surface area contributed by atoms with E-state index in [1.54, 1.807) is 24.3 Å². The van der Waals surface area contributed by atoms with Crippen molar-refractivity contribution in [1.82, 2.24) is 5.48 Å². The molecule has 0 saturated heterocycles. The Labute approximate surface area is 127 Å². The fourth-order valence-corrected chi connectivity index (χ4v) is 2.17. The van der Waals surface area contributed by atoms with Crippen LogP contribution in [0.15, 0.2) is 54.6 Å². The van der Waals surface area contributed by atoms with Gasteiger partial charge in [-0.15, -0.1) is 11.6 Å². The van der Waals surface area contributed by atoms with Crippen molar-refractivity contribution < 1.29 is 9.63 Å². The van der Waals surface area contributed by atoms with Crippen LogP contribution < -0.4 is 5.48 Å². The van der Waals surface area contributed by atoms with Gasteiger partial charge in [0.05, 0.1) is 6.61 Å². The summed E-state index contributed by atoms with van der Waals surface area (Å²) in [4.78, 5) is 17.0. The van der Waals surface area contributed by atoms with Crippen LogP contribution in [-0.2, 0) is 16.2 Å². The van der Waals surface area contributed by atoms with Crippen molar-refractivity contribution in [2.45, 2.75) is 12.0 Å². The minimum absolute atomic E-state index is 0.276. The van der Waals surface area contributed by atoms with Gasteiger partial charge in [-0.2, -0.15) is 0 Å². The molecule has 3 nitrogen and oxygen atoms in total. The van der Waals surface area contributed by atoms with Crippen LogP contribution >= 0.6 is 23.2 Å². The number of hydroxylamine groups is 1. The summed E-state index contributed by atoms with van der Waals surface area (Å²) in [5.41, 5.74) is 3.83. The minimum Gasteiger partial charge on any atom is -0.271 e. The van der Waals surface area contributed by atoms with E-state index in [0.717, 1.165) is 5.56 Å². The zero-order chi connectivity index (χ0) is 14.4. The average molecular weight is 310 g/mol. The van der Waals surface area contributed by atoms with Gasteiger partial charge in [0.25, 0.3) is 5.91 Å². The summed E-state index contributed by atoms with van der Waals surface area (Å²) < 4.78 is 0. The molecule has 0 saturated carbocycles. The summed E-state index contributed by atoms with van der Waals surface area (Å²) in [5.74, 6) is -0.448. The van der Waals surface area contributed by atoms with Crippen LogP contribution in [0.1, 0.15) is 16.5 Å². The fourth-order valence-electron chi connectivity index (χ4n) is 1.64. The number of halogens is 2. The monoisotopic (exact) mass is 309 g/mol. The molecule has 5 heteroatoms. The Balaban J connectivity index is 1.87. The van der Waals surface area contributed by atoms with E-state index in [1.807, 2.05) is 30.3 Å². The van der Waals surface area contributed by atoms with Crippen molar-refractivity contribution in [3.05, 3.63) is 70.7 Å². The Morgan fingerprint density at radius 2 is 1.75 bits per heavy atom. The van der Waals surface area contributed by atoms with Crippen molar-refractivity contribution in [1.29, 1.82) is 0 Å². The summed E-state index contributed by atoms with van der Waals surface area (Å²) in [5, 5.41) is -0.440. The number of nitrogens with one attached hydrogen (secondary N) is 1. The van der Waals surface area contributed by atoms with Crippen molar-refractivity contribution in [2.24, 2.45) is 0 Å². The lowest BCUT2D eigenvalue weighted by Crippen LogP contribution is -2.27. The molecule has 0 radical (unpaired) electrons. The molecule has 0 aromatic heterocycles. The van der Waals surface area contributed by atoms with Crippen LogP contribution in [0.5, 0.6) is 0 Å². The maximum Gasteiger partial charge on any atom is 0.266 e. The highest BCUT2D eigenvalue weighted by Crippen LogP contribution is 2.27. The first kappa shape index (κ1) is 14.9. The van der Waals surface area contributed by atoms with Crippen LogP contribution in [0.3, 0.4) is 0 Å². The van der Waals surface area contributed by atoms with E-state index in [0.29, 0.717) is 10.6 Å². The fraction of sp³-hybridized carbons (Fsp3) is 0.133. The van der Waals surface area contributed by atoms with Crippen LogP contribution in [-0.4, -0.2) is 5.91 Å². The van der Waals surface area contributed by atoms with E-state index in [4.69, 9.17) is 28.0 Å². The molecule has 2 aromatic carbocycles. The molecule has 2 aromatic rings. The van der Waals surface area contributed by atoms with Gasteiger partial charge in [0.15, 0.2) is 0 Å². The van der Waals surface area contributed by atoms with Gasteiger partial charge in [0, 0.05) is 5.02 Å². The third-order valence-corrected chi connectivity index (χ3v) is 3.44. The number of benzene rings is 2. The molecule has 104 valence electrons. The molecule has 0 heterocycles. The molecule has 1 atom stereocenters. The SMILES string of the molecule is O=C(NOCc1ccccc1)C(Cl)c1ccccc1Cl. The molecule has 20 heavy (non-hydrogen) atoms. The Bertz CT molecular complexity index is 575. The maximum absolute atomic E-state index is 11.9. The van der Waals surface area contributed by atoms with Crippen LogP contribution in [0.25, 0.3) is 0 Å². The quantitative estimate of drug-likeness (QED) is 0.672. The van der Waals surface area contributed by atoms with Gasteiger partial charge < -0.3 is 0 Å². The van der Waals surface area contributed by atoms with Gasteiger partial charge in [0.2, 0.25) is 0 Å². The third-order valence-electron chi connectivity index (χ3n) is 2.66. The van der Waals surface area contributed by atoms with Crippen LogP contribution in [0.4, 0.5) is 0 Å². The predicted molar refractivity (Wildman–Crippen MR) is 79.4 cm³/mol. The Hall–Kier alpha value is -1.55. The summed E-state index contributed by atoms with van der Waals surface area (Å²) in [6, 6.07) is 16.4. The molecule has 0 bridgehead atoms. The van der Waals surface area contributed by atoms with Gasteiger partial charge >= 0.3 is 0 Å². The number of carbonyl (C=O) groups excluding carboxylic acids is 1. The lowest BCUT2D eigenvalue weighted by molar-refractivity contribution is -0.134. The molecule has 0 aliphatic rings. The summed E-state index contributed by atoms with van der Waals surface area (Å²) in [6.07, 6.45) is 0. The van der Waals surface area contributed by atoms with Gasteiger partial charge in [-0.05, 0) is 17.2 Å². The van der Waals surface area contributed by atoms with E-state index in [-0.39, 0.29) is 6.61 Å². The lowest BCUT2D eigenvalue weighted by atomic mass is 10.1. The first-order valence-corrected chi connectivity index (χ1v) is 6.84. The topological polar surface area (TPSA) is 38.3 Å². The molecule has 0 spiro atoms. The molecular formula is C15H13Cl2NO2. The molecule has 0 aliphatic carbocycles. The van der Waals surface area contributed by atoms with Crippen LogP contribution in [0.2, 0.25) is 5.02 Å². The van der Waals surface area contributed by atoms with Gasteiger partial charge in [0.1, 0.15) is 5.38 Å². The average Bonchev–Trinajstić information content (AvgIpc) is 2.48. The Morgan fingerprint density at radius 3 is 2.45 bits per heavy atom. The standard InChI is InChI=1S/C15H13Cl2NO2/c16-13-9-5-4-8-12(13)14(17)15(19)18-20-10-11-6-2-1-3-7-11/h1-9,14H,10H2,(H,18,19). The summed E-state index contributed by atoms with van der Waals surface area (Å²) in [6.45, 7) is 0.276. The molecular weight excluding hydrogens is 297 g/mol. The normalized spacial score (nSPS) is 11.9. The van der Waals surface area contributed by atoms with Crippen molar-refractivity contribution >= 4 is 29.1 Å². The van der Waals surface area contributed by atoms with Crippen molar-refractivity contribution in [3.63, 3.8) is 0 Å². The van der Waals surface area contributed by atoms with Crippen molar-refractivity contribution in [2.75, 3.05) is 0 Å². The largest absolute Gasteiger partial charge is 0.271 e. The number of alkyl halides is 1. The summed E-state index contributed by atoms with van der Waals surface area (Å²) >= 11 is 12.1. The molecule has 1 N–H and O–H groups in total. The Kier molecular flexibility index (Phi) is 5.41. The first-order chi connectivity index (χ1) is 9.68. The highest BCUT2D eigenvalue weighted by Gasteiger charge is 2.20. The lowest BCUT2D eigenvalue weighted by Gasteiger charge is -2.12.